The van der Waals surface area contributed by atoms with Crippen molar-refractivity contribution in [2.45, 2.75) is 6.42 Å². The number of hydrogen-bond acceptors (Lipinski definition) is 4. The van der Waals surface area contributed by atoms with Gasteiger partial charge in [-0.1, -0.05) is 18.2 Å². The number of carbonyl (C=O) groups is 1. The molecule has 5 nitrogen and oxygen atoms in total. The number of furan rings is 1. The number of nitrogens with zero attached hydrogens (tertiary/aromatic N) is 2. The van der Waals surface area contributed by atoms with Crippen LogP contribution in [-0.4, -0.2) is 36.4 Å². The third-order valence-electron chi connectivity index (χ3n) is 3.60. The van der Waals surface area contributed by atoms with E-state index in [0.29, 0.717) is 11.4 Å². The Balaban J connectivity index is 1.81. The Morgan fingerprint density at radius 2 is 1.96 bits per heavy atom. The minimum atomic E-state index is -0.171. The maximum absolute atomic E-state index is 12.2. The van der Waals surface area contributed by atoms with Crippen LogP contribution in [0.4, 0.5) is 5.82 Å². The molecule has 1 amide bonds. The first kappa shape index (κ1) is 15.2. The van der Waals surface area contributed by atoms with Crippen LogP contribution in [0, 0.1) is 0 Å². The Labute approximate surface area is 134 Å². The zero-order valence-corrected chi connectivity index (χ0v) is 13.2. The predicted molar refractivity (Wildman–Crippen MR) is 90.7 cm³/mol. The largest absolute Gasteiger partial charge is 0.462 e. The minimum Gasteiger partial charge on any atom is -0.462 e. The fraction of sp³-hybridized carbons (Fsp3) is 0.222. The minimum absolute atomic E-state index is 0.171. The first-order chi connectivity index (χ1) is 11.1. The molecular formula is C18H19N3O2. The molecule has 1 N–H and O–H groups in total. The molecule has 0 saturated carbocycles. The first-order valence-corrected chi connectivity index (χ1v) is 7.52. The Kier molecular flexibility index (Phi) is 4.39. The molecule has 0 fully saturated rings. The van der Waals surface area contributed by atoms with Crippen LogP contribution in [0.15, 0.2) is 53.1 Å². The van der Waals surface area contributed by atoms with E-state index in [1.807, 2.05) is 38.4 Å². The summed E-state index contributed by atoms with van der Waals surface area (Å²) in [5.74, 6) is 0.356. The number of hydrogen-bond donors (Lipinski definition) is 1. The Hall–Kier alpha value is -2.66. The molecule has 0 aliphatic heterocycles. The van der Waals surface area contributed by atoms with Crippen molar-refractivity contribution in [2.24, 2.45) is 0 Å². The van der Waals surface area contributed by atoms with Crippen molar-refractivity contribution in [3.8, 4) is 0 Å². The molecule has 3 rings (SSSR count). The number of pyridine rings is 1. The summed E-state index contributed by atoms with van der Waals surface area (Å²) in [5.41, 5.74) is 3.19. The Bertz CT molecular complexity index is 810. The van der Waals surface area contributed by atoms with Gasteiger partial charge in [-0.05, 0) is 44.8 Å². The van der Waals surface area contributed by atoms with E-state index in [4.69, 9.17) is 4.42 Å². The van der Waals surface area contributed by atoms with Crippen LogP contribution in [-0.2, 0) is 6.42 Å². The molecule has 0 bridgehead atoms. The highest BCUT2D eigenvalue weighted by Crippen LogP contribution is 2.22. The van der Waals surface area contributed by atoms with E-state index in [1.165, 1.54) is 0 Å². The van der Waals surface area contributed by atoms with Crippen molar-refractivity contribution in [1.82, 2.24) is 9.88 Å². The fourth-order valence-electron chi connectivity index (χ4n) is 2.33. The van der Waals surface area contributed by atoms with Gasteiger partial charge in [-0.15, -0.1) is 0 Å². The van der Waals surface area contributed by atoms with E-state index in [2.05, 4.69) is 15.2 Å². The second kappa shape index (κ2) is 6.62. The lowest BCUT2D eigenvalue weighted by Crippen LogP contribution is -2.15. The highest BCUT2D eigenvalue weighted by atomic mass is 16.3. The van der Waals surface area contributed by atoms with Gasteiger partial charge in [0.25, 0.3) is 5.91 Å². The maximum atomic E-state index is 12.2. The van der Waals surface area contributed by atoms with E-state index in [1.54, 1.807) is 24.5 Å². The molecule has 0 saturated heterocycles. The molecule has 0 unspecified atom stereocenters. The van der Waals surface area contributed by atoms with Gasteiger partial charge in [0.15, 0.2) is 5.58 Å². The number of aromatic nitrogens is 1. The summed E-state index contributed by atoms with van der Waals surface area (Å²) in [4.78, 5) is 18.9. The number of carbonyl (C=O) groups excluding carboxylic acids is 1. The van der Waals surface area contributed by atoms with Crippen molar-refractivity contribution in [3.05, 3.63) is 59.9 Å². The highest BCUT2D eigenvalue weighted by Gasteiger charge is 2.11. The van der Waals surface area contributed by atoms with Crippen LogP contribution in [0.2, 0.25) is 0 Å². The monoisotopic (exact) mass is 309 g/mol. The second-order valence-electron chi connectivity index (χ2n) is 5.68. The maximum Gasteiger partial charge on any atom is 0.256 e. The molecule has 1 aromatic carbocycles. The number of anilines is 1. The van der Waals surface area contributed by atoms with Crippen molar-refractivity contribution >= 4 is 22.8 Å². The quantitative estimate of drug-likeness (QED) is 0.786. The molecule has 0 radical (unpaired) electrons. The summed E-state index contributed by atoms with van der Waals surface area (Å²) >= 11 is 0. The number of fused-ring (bicyclic) bond motifs is 1. The van der Waals surface area contributed by atoms with Gasteiger partial charge >= 0.3 is 0 Å². The number of benzene rings is 1. The van der Waals surface area contributed by atoms with Gasteiger partial charge in [0.05, 0.1) is 6.26 Å². The molecule has 118 valence electrons. The van der Waals surface area contributed by atoms with Gasteiger partial charge in [-0.2, -0.15) is 0 Å². The smallest absolute Gasteiger partial charge is 0.256 e. The lowest BCUT2D eigenvalue weighted by Gasteiger charge is -2.08. The molecule has 0 aliphatic rings. The van der Waals surface area contributed by atoms with Gasteiger partial charge in [-0.3, -0.25) is 4.79 Å². The van der Waals surface area contributed by atoms with E-state index in [0.717, 1.165) is 29.6 Å². The molecule has 0 spiro atoms. The summed E-state index contributed by atoms with van der Waals surface area (Å²) in [7, 11) is 4.06. The molecule has 23 heavy (non-hydrogen) atoms. The van der Waals surface area contributed by atoms with Crippen LogP contribution in [0.3, 0.4) is 0 Å². The summed E-state index contributed by atoms with van der Waals surface area (Å²) in [5, 5.41) is 2.83. The molecule has 5 heteroatoms. The van der Waals surface area contributed by atoms with Crippen LogP contribution in [0.25, 0.3) is 11.1 Å². The van der Waals surface area contributed by atoms with E-state index < -0.39 is 0 Å². The number of amides is 1. The lowest BCUT2D eigenvalue weighted by molar-refractivity contribution is 0.102. The molecule has 0 aliphatic carbocycles. The lowest BCUT2D eigenvalue weighted by atomic mass is 10.2. The average Bonchev–Trinajstić information content (AvgIpc) is 2.96. The Morgan fingerprint density at radius 3 is 2.70 bits per heavy atom. The summed E-state index contributed by atoms with van der Waals surface area (Å²) in [6, 6.07) is 12.7. The van der Waals surface area contributed by atoms with Gasteiger partial charge in [0.1, 0.15) is 11.3 Å². The van der Waals surface area contributed by atoms with Crippen LogP contribution < -0.4 is 5.32 Å². The van der Waals surface area contributed by atoms with Crippen molar-refractivity contribution in [2.75, 3.05) is 26.0 Å². The standard InChI is InChI=1S/C18H19N3O2/c1-21(2)11-10-14-12-23-15-8-9-16(19-17(14)15)20-18(22)13-6-4-3-5-7-13/h3-9,12H,10-11H2,1-2H3,(H,19,20,22). The average molecular weight is 309 g/mol. The topological polar surface area (TPSA) is 58.4 Å². The second-order valence-corrected chi connectivity index (χ2v) is 5.68. The normalized spacial score (nSPS) is 11.1. The van der Waals surface area contributed by atoms with Crippen LogP contribution in [0.1, 0.15) is 15.9 Å². The van der Waals surface area contributed by atoms with E-state index >= 15 is 0 Å². The fourth-order valence-corrected chi connectivity index (χ4v) is 2.33. The summed E-state index contributed by atoms with van der Waals surface area (Å²) in [6.45, 7) is 0.914. The Morgan fingerprint density at radius 1 is 1.17 bits per heavy atom. The van der Waals surface area contributed by atoms with Crippen molar-refractivity contribution in [1.29, 1.82) is 0 Å². The molecule has 2 aromatic heterocycles. The molecular weight excluding hydrogens is 290 g/mol. The zero-order chi connectivity index (χ0) is 16.2. The number of likely N-dealkylation sites (N-methyl/N-ethyl adjacent to an activating group) is 1. The molecule has 3 aromatic rings. The number of rotatable bonds is 5. The highest BCUT2D eigenvalue weighted by molar-refractivity contribution is 6.04. The number of nitrogens with one attached hydrogen (secondary N) is 1. The van der Waals surface area contributed by atoms with E-state index in [9.17, 15) is 4.79 Å². The van der Waals surface area contributed by atoms with E-state index in [-0.39, 0.29) is 5.91 Å². The molecule has 2 heterocycles. The van der Waals surface area contributed by atoms with Gasteiger partial charge in [0, 0.05) is 17.7 Å². The van der Waals surface area contributed by atoms with Gasteiger partial charge in [0.2, 0.25) is 0 Å². The van der Waals surface area contributed by atoms with Crippen LogP contribution in [0.5, 0.6) is 0 Å². The summed E-state index contributed by atoms with van der Waals surface area (Å²) in [6.07, 6.45) is 2.59. The van der Waals surface area contributed by atoms with Crippen molar-refractivity contribution < 1.29 is 9.21 Å². The third kappa shape index (κ3) is 3.57. The van der Waals surface area contributed by atoms with Gasteiger partial charge in [-0.25, -0.2) is 4.98 Å². The SMILES string of the molecule is CN(C)CCc1coc2ccc(NC(=O)c3ccccc3)nc12. The molecule has 0 atom stereocenters. The predicted octanol–water partition coefficient (Wildman–Crippen LogP) is 3.18. The van der Waals surface area contributed by atoms with Crippen LogP contribution >= 0.6 is 0 Å². The van der Waals surface area contributed by atoms with Crippen molar-refractivity contribution in [3.63, 3.8) is 0 Å². The third-order valence-corrected chi connectivity index (χ3v) is 3.60. The summed E-state index contributed by atoms with van der Waals surface area (Å²) < 4.78 is 5.53. The zero-order valence-electron chi connectivity index (χ0n) is 13.2. The van der Waals surface area contributed by atoms with Gasteiger partial charge < -0.3 is 14.6 Å². The first-order valence-electron chi connectivity index (χ1n) is 7.52.